The fraction of sp³-hybridized carbons (Fsp3) is 0.200. The van der Waals surface area contributed by atoms with E-state index in [0.717, 1.165) is 24.1 Å². The van der Waals surface area contributed by atoms with Crippen molar-refractivity contribution in [3.63, 3.8) is 0 Å². The molecule has 0 saturated heterocycles. The van der Waals surface area contributed by atoms with Gasteiger partial charge < -0.3 is 9.47 Å². The third-order valence-electron chi connectivity index (χ3n) is 4.66. The number of pyridine rings is 1. The van der Waals surface area contributed by atoms with Crippen LogP contribution in [0.25, 0.3) is 10.9 Å². The molecule has 126 valence electrons. The van der Waals surface area contributed by atoms with Gasteiger partial charge >= 0.3 is 0 Å². The lowest BCUT2D eigenvalue weighted by molar-refractivity contribution is -0.119. The van der Waals surface area contributed by atoms with Crippen molar-refractivity contribution in [2.24, 2.45) is 0 Å². The Labute approximate surface area is 144 Å². The van der Waals surface area contributed by atoms with E-state index < -0.39 is 5.82 Å². The molecule has 4 nitrogen and oxygen atoms in total. The van der Waals surface area contributed by atoms with Crippen molar-refractivity contribution in [2.45, 2.75) is 19.4 Å². The third-order valence-corrected chi connectivity index (χ3v) is 4.66. The first-order chi connectivity index (χ1) is 12.1. The number of anilines is 1. The molecule has 2 heterocycles. The van der Waals surface area contributed by atoms with Crippen LogP contribution < -0.4 is 10.3 Å². The molecular formula is C20H17FN2O2. The maximum atomic E-state index is 14.3. The summed E-state index contributed by atoms with van der Waals surface area (Å²) in [4.78, 5) is 26.6. The molecule has 3 aromatic rings. The zero-order valence-corrected chi connectivity index (χ0v) is 13.6. The van der Waals surface area contributed by atoms with Gasteiger partial charge in [-0.3, -0.25) is 9.59 Å². The quantitative estimate of drug-likeness (QED) is 0.722. The summed E-state index contributed by atoms with van der Waals surface area (Å²) >= 11 is 0. The summed E-state index contributed by atoms with van der Waals surface area (Å²) in [5, 5.41) is 0.286. The molecule has 1 aliphatic heterocycles. The Morgan fingerprint density at radius 1 is 1.08 bits per heavy atom. The predicted octanol–water partition coefficient (Wildman–Crippen LogP) is 3.12. The second kappa shape index (κ2) is 6.16. The number of carbonyl (C=O) groups is 1. The summed E-state index contributed by atoms with van der Waals surface area (Å²) in [5.74, 6) is -0.609. The lowest BCUT2D eigenvalue weighted by Gasteiger charge is -2.30. The number of benzene rings is 2. The molecule has 1 aromatic heterocycles. The number of rotatable bonds is 2. The Bertz CT molecular complexity index is 1030. The number of amides is 1. The van der Waals surface area contributed by atoms with Crippen molar-refractivity contribution in [2.75, 3.05) is 11.4 Å². The number of aryl methyl sites for hydroxylation is 1. The molecule has 0 aliphatic carbocycles. The number of fused-ring (bicyclic) bond motifs is 2. The fourth-order valence-electron chi connectivity index (χ4n) is 3.48. The predicted molar refractivity (Wildman–Crippen MR) is 95.3 cm³/mol. The van der Waals surface area contributed by atoms with E-state index in [1.54, 1.807) is 11.0 Å². The molecule has 0 radical (unpaired) electrons. The van der Waals surface area contributed by atoms with E-state index in [2.05, 4.69) is 0 Å². The van der Waals surface area contributed by atoms with Gasteiger partial charge in [0.15, 0.2) is 5.43 Å². The summed E-state index contributed by atoms with van der Waals surface area (Å²) in [5.41, 5.74) is 2.00. The normalized spacial score (nSPS) is 13.7. The number of nitrogens with zero attached hydrogens (tertiary/aromatic N) is 2. The monoisotopic (exact) mass is 336 g/mol. The Balaban J connectivity index is 1.72. The molecule has 0 atom stereocenters. The molecule has 1 amide bonds. The average Bonchev–Trinajstić information content (AvgIpc) is 2.64. The van der Waals surface area contributed by atoms with E-state index >= 15 is 0 Å². The van der Waals surface area contributed by atoms with Crippen molar-refractivity contribution in [3.05, 3.63) is 76.3 Å². The molecule has 25 heavy (non-hydrogen) atoms. The van der Waals surface area contributed by atoms with Gasteiger partial charge in [0, 0.05) is 29.9 Å². The highest BCUT2D eigenvalue weighted by Crippen LogP contribution is 2.27. The minimum Gasteiger partial charge on any atom is -0.335 e. The number of para-hydroxylation sites is 2. The van der Waals surface area contributed by atoms with Gasteiger partial charge in [-0.15, -0.1) is 0 Å². The Morgan fingerprint density at radius 3 is 2.80 bits per heavy atom. The summed E-state index contributed by atoms with van der Waals surface area (Å²) < 4.78 is 15.8. The molecule has 0 fully saturated rings. The summed E-state index contributed by atoms with van der Waals surface area (Å²) in [7, 11) is 0. The van der Waals surface area contributed by atoms with Crippen molar-refractivity contribution in [1.29, 1.82) is 0 Å². The van der Waals surface area contributed by atoms with Gasteiger partial charge in [-0.2, -0.15) is 0 Å². The van der Waals surface area contributed by atoms with Gasteiger partial charge in [0.1, 0.15) is 12.4 Å². The molecule has 0 unspecified atom stereocenters. The zero-order chi connectivity index (χ0) is 17.4. The van der Waals surface area contributed by atoms with Crippen molar-refractivity contribution in [1.82, 2.24) is 4.57 Å². The molecule has 0 N–H and O–H groups in total. The van der Waals surface area contributed by atoms with E-state index in [1.165, 1.54) is 29.0 Å². The zero-order valence-electron chi connectivity index (χ0n) is 13.6. The summed E-state index contributed by atoms with van der Waals surface area (Å²) in [6.07, 6.45) is 3.35. The molecule has 5 heteroatoms. The minimum atomic E-state index is -0.498. The SMILES string of the molecule is O=C(Cn1ccc(=O)c2cccc(F)c21)N1CCCc2ccccc21. The van der Waals surface area contributed by atoms with E-state index in [9.17, 15) is 14.0 Å². The van der Waals surface area contributed by atoms with Gasteiger partial charge in [0.25, 0.3) is 0 Å². The number of carbonyl (C=O) groups excluding carboxylic acids is 1. The molecular weight excluding hydrogens is 319 g/mol. The number of halogens is 1. The highest BCUT2D eigenvalue weighted by atomic mass is 19.1. The number of hydrogen-bond donors (Lipinski definition) is 0. The van der Waals surface area contributed by atoms with Crippen LogP contribution in [0.1, 0.15) is 12.0 Å². The molecule has 0 spiro atoms. The standard InChI is InChI=1S/C20H17FN2O2/c21-16-8-3-7-15-18(24)10-12-22(20(15)16)13-19(25)23-11-4-6-14-5-1-2-9-17(14)23/h1-3,5,7-10,12H,4,6,11,13H2. The first kappa shape index (κ1) is 15.6. The van der Waals surface area contributed by atoms with Crippen molar-refractivity contribution < 1.29 is 9.18 Å². The number of aromatic nitrogens is 1. The Morgan fingerprint density at radius 2 is 1.92 bits per heavy atom. The third kappa shape index (κ3) is 2.71. The second-order valence-electron chi connectivity index (χ2n) is 6.22. The lowest BCUT2D eigenvalue weighted by Crippen LogP contribution is -2.37. The molecule has 1 aliphatic rings. The maximum absolute atomic E-state index is 14.3. The van der Waals surface area contributed by atoms with Crippen LogP contribution in [-0.2, 0) is 17.8 Å². The van der Waals surface area contributed by atoms with Crippen LogP contribution in [0.2, 0.25) is 0 Å². The van der Waals surface area contributed by atoms with Crippen LogP contribution in [0, 0.1) is 5.82 Å². The molecule has 0 saturated carbocycles. The van der Waals surface area contributed by atoms with Gasteiger partial charge in [0.05, 0.1) is 5.52 Å². The largest absolute Gasteiger partial charge is 0.335 e. The molecule has 0 bridgehead atoms. The second-order valence-corrected chi connectivity index (χ2v) is 6.22. The van der Waals surface area contributed by atoms with Gasteiger partial charge in [0.2, 0.25) is 5.91 Å². The van der Waals surface area contributed by atoms with Gasteiger partial charge in [-0.05, 0) is 36.6 Å². The van der Waals surface area contributed by atoms with Crippen LogP contribution in [-0.4, -0.2) is 17.0 Å². The first-order valence-corrected chi connectivity index (χ1v) is 8.31. The van der Waals surface area contributed by atoms with Crippen molar-refractivity contribution in [3.8, 4) is 0 Å². The highest BCUT2D eigenvalue weighted by Gasteiger charge is 2.22. The van der Waals surface area contributed by atoms with Crippen LogP contribution >= 0.6 is 0 Å². The topological polar surface area (TPSA) is 42.3 Å². The van der Waals surface area contributed by atoms with E-state index in [1.807, 2.05) is 24.3 Å². The molecule has 2 aromatic carbocycles. The first-order valence-electron chi connectivity index (χ1n) is 8.31. The minimum absolute atomic E-state index is 0.00789. The maximum Gasteiger partial charge on any atom is 0.246 e. The smallest absolute Gasteiger partial charge is 0.246 e. The summed E-state index contributed by atoms with van der Waals surface area (Å²) in [6.45, 7) is 0.641. The van der Waals surface area contributed by atoms with Crippen LogP contribution in [0.5, 0.6) is 0 Å². The van der Waals surface area contributed by atoms with Gasteiger partial charge in [-0.1, -0.05) is 24.3 Å². The van der Waals surface area contributed by atoms with Crippen LogP contribution in [0.4, 0.5) is 10.1 Å². The lowest BCUT2D eigenvalue weighted by atomic mass is 10.0. The number of hydrogen-bond acceptors (Lipinski definition) is 2. The van der Waals surface area contributed by atoms with Crippen molar-refractivity contribution >= 4 is 22.5 Å². The van der Waals surface area contributed by atoms with E-state index in [4.69, 9.17) is 0 Å². The fourth-order valence-corrected chi connectivity index (χ4v) is 3.48. The van der Waals surface area contributed by atoms with Gasteiger partial charge in [-0.25, -0.2) is 4.39 Å². The Kier molecular flexibility index (Phi) is 3.84. The van der Waals surface area contributed by atoms with Crippen LogP contribution in [0.3, 0.4) is 0 Å². The average molecular weight is 336 g/mol. The Hall–Kier alpha value is -2.95. The highest BCUT2D eigenvalue weighted by molar-refractivity contribution is 5.95. The van der Waals surface area contributed by atoms with E-state index in [-0.39, 0.29) is 28.8 Å². The molecule has 4 rings (SSSR count). The van der Waals surface area contributed by atoms with Crippen LogP contribution in [0.15, 0.2) is 59.5 Å². The summed E-state index contributed by atoms with van der Waals surface area (Å²) in [6, 6.07) is 13.6. The van der Waals surface area contributed by atoms with E-state index in [0.29, 0.717) is 6.54 Å².